The Morgan fingerprint density at radius 1 is 1.35 bits per heavy atom. The molecule has 26 heavy (non-hydrogen) atoms. The van der Waals surface area contributed by atoms with Crippen LogP contribution in [0, 0.1) is 0 Å². The molecule has 1 aliphatic carbocycles. The number of carbonyl (C=O) groups is 1. The quantitative estimate of drug-likeness (QED) is 0.787. The van der Waals surface area contributed by atoms with Gasteiger partial charge in [-0.05, 0) is 24.5 Å². The first kappa shape index (κ1) is 18.4. The molecule has 0 radical (unpaired) electrons. The molecule has 0 unspecified atom stereocenters. The van der Waals surface area contributed by atoms with Gasteiger partial charge in [-0.15, -0.1) is 0 Å². The summed E-state index contributed by atoms with van der Waals surface area (Å²) in [7, 11) is 1.22. The van der Waals surface area contributed by atoms with Crippen LogP contribution >= 0.6 is 11.6 Å². The van der Waals surface area contributed by atoms with Gasteiger partial charge in [-0.25, -0.2) is 14.8 Å². The Labute approximate surface area is 151 Å². The van der Waals surface area contributed by atoms with Crippen molar-refractivity contribution in [2.45, 2.75) is 31.5 Å². The second kappa shape index (κ2) is 7.06. The summed E-state index contributed by atoms with van der Waals surface area (Å²) in [6.07, 6.45) is -1.53. The Hall–Kier alpha value is -2.42. The van der Waals surface area contributed by atoms with Crippen molar-refractivity contribution >= 4 is 23.4 Å². The lowest BCUT2D eigenvalue weighted by molar-refractivity contribution is -0.141. The topological polar surface area (TPSA) is 77.0 Å². The van der Waals surface area contributed by atoms with Crippen LogP contribution in [-0.2, 0) is 17.5 Å². The molecule has 0 bridgehead atoms. The van der Waals surface area contributed by atoms with E-state index in [-0.39, 0.29) is 29.0 Å². The lowest BCUT2D eigenvalue weighted by atomic mass is 10.2. The summed E-state index contributed by atoms with van der Waals surface area (Å²) in [5.41, 5.74) is -0.510. The number of halogens is 4. The van der Waals surface area contributed by atoms with E-state index in [1.807, 2.05) is 0 Å². The van der Waals surface area contributed by atoms with Crippen LogP contribution < -0.4 is 5.32 Å². The number of alkyl halides is 3. The summed E-state index contributed by atoms with van der Waals surface area (Å²) in [6, 6.07) is 2.20. The number of esters is 1. The van der Waals surface area contributed by atoms with Crippen LogP contribution in [0.2, 0.25) is 5.02 Å². The summed E-state index contributed by atoms with van der Waals surface area (Å²) in [6.45, 7) is 0.132. The van der Waals surface area contributed by atoms with E-state index >= 15 is 0 Å². The van der Waals surface area contributed by atoms with Crippen molar-refractivity contribution in [1.29, 1.82) is 0 Å². The summed E-state index contributed by atoms with van der Waals surface area (Å²) in [5, 5.41) is 2.92. The van der Waals surface area contributed by atoms with E-state index in [1.165, 1.54) is 13.2 Å². The predicted molar refractivity (Wildman–Crippen MR) is 86.9 cm³/mol. The average molecular weight is 387 g/mol. The van der Waals surface area contributed by atoms with Crippen molar-refractivity contribution in [2.24, 2.45) is 0 Å². The van der Waals surface area contributed by atoms with Crippen LogP contribution in [0.25, 0.3) is 0 Å². The minimum absolute atomic E-state index is 0.00104. The molecule has 2 heterocycles. The number of aromatic nitrogens is 3. The number of methoxy groups -OCH3 is 1. The molecule has 0 aromatic carbocycles. The third kappa shape index (κ3) is 4.04. The summed E-state index contributed by atoms with van der Waals surface area (Å²) in [4.78, 5) is 23.7. The zero-order valence-electron chi connectivity index (χ0n) is 13.6. The molecule has 2 aromatic heterocycles. The number of anilines is 1. The molecule has 0 amide bonds. The highest BCUT2D eigenvalue weighted by Crippen LogP contribution is 2.39. The standard InChI is InChI=1S/C16H14ClF3N4O2/c1-26-15(25)12-11(17)14(24-13(23-12)9-3-4-9)22-7-8-2-5-10(21-6-8)16(18,19)20/h2,5-6,9H,3-4,7H2,1H3,(H,22,23,24). The van der Waals surface area contributed by atoms with Gasteiger partial charge in [0.25, 0.3) is 0 Å². The molecule has 138 valence electrons. The fourth-order valence-corrected chi connectivity index (χ4v) is 2.45. The molecule has 2 aromatic rings. The van der Waals surface area contributed by atoms with E-state index in [4.69, 9.17) is 11.6 Å². The molecule has 1 fully saturated rings. The van der Waals surface area contributed by atoms with Crippen molar-refractivity contribution in [2.75, 3.05) is 12.4 Å². The van der Waals surface area contributed by atoms with Crippen LogP contribution in [0.15, 0.2) is 18.3 Å². The van der Waals surface area contributed by atoms with Gasteiger partial charge in [0.1, 0.15) is 22.4 Å². The Morgan fingerprint density at radius 2 is 2.08 bits per heavy atom. The molecule has 1 N–H and O–H groups in total. The van der Waals surface area contributed by atoms with Gasteiger partial charge in [-0.1, -0.05) is 17.7 Å². The SMILES string of the molecule is COC(=O)c1nc(C2CC2)nc(NCc2ccc(C(F)(F)F)nc2)c1Cl. The largest absolute Gasteiger partial charge is 0.464 e. The van der Waals surface area contributed by atoms with Crippen molar-refractivity contribution in [3.8, 4) is 0 Å². The summed E-state index contributed by atoms with van der Waals surface area (Å²) < 4.78 is 42.3. The molecule has 0 saturated heterocycles. The normalized spacial score (nSPS) is 14.2. The van der Waals surface area contributed by atoms with Crippen LogP contribution in [-0.4, -0.2) is 28.0 Å². The fraction of sp³-hybridized carbons (Fsp3) is 0.375. The van der Waals surface area contributed by atoms with E-state index in [0.717, 1.165) is 25.1 Å². The number of hydrogen-bond donors (Lipinski definition) is 1. The van der Waals surface area contributed by atoms with Gasteiger partial charge >= 0.3 is 12.1 Å². The van der Waals surface area contributed by atoms with Crippen LogP contribution in [0.1, 0.15) is 46.3 Å². The maximum absolute atomic E-state index is 12.5. The molecular weight excluding hydrogens is 373 g/mol. The Kier molecular flexibility index (Phi) is 4.99. The number of pyridine rings is 1. The number of hydrogen-bond acceptors (Lipinski definition) is 6. The average Bonchev–Trinajstić information content (AvgIpc) is 3.45. The fourth-order valence-electron chi connectivity index (χ4n) is 2.22. The minimum atomic E-state index is -4.49. The highest BCUT2D eigenvalue weighted by Gasteiger charge is 2.32. The van der Waals surface area contributed by atoms with Gasteiger partial charge in [0.05, 0.1) is 7.11 Å². The van der Waals surface area contributed by atoms with E-state index < -0.39 is 17.8 Å². The smallest absolute Gasteiger partial charge is 0.433 e. The highest BCUT2D eigenvalue weighted by atomic mass is 35.5. The number of nitrogens with one attached hydrogen (secondary N) is 1. The van der Waals surface area contributed by atoms with Gasteiger partial charge < -0.3 is 10.1 Å². The van der Waals surface area contributed by atoms with E-state index in [2.05, 4.69) is 25.0 Å². The minimum Gasteiger partial charge on any atom is -0.464 e. The predicted octanol–water partition coefficient (Wildman–Crippen LogP) is 3.82. The Balaban J connectivity index is 1.80. The molecule has 1 saturated carbocycles. The third-order valence-electron chi connectivity index (χ3n) is 3.76. The van der Waals surface area contributed by atoms with Crippen LogP contribution in [0.3, 0.4) is 0 Å². The zero-order chi connectivity index (χ0) is 18.9. The third-order valence-corrected chi connectivity index (χ3v) is 4.12. The molecule has 10 heteroatoms. The van der Waals surface area contributed by atoms with Crippen LogP contribution in [0.4, 0.5) is 19.0 Å². The zero-order valence-corrected chi connectivity index (χ0v) is 14.4. The molecular formula is C16H14ClF3N4O2. The maximum atomic E-state index is 12.5. The molecule has 1 aliphatic rings. The number of rotatable bonds is 5. The second-order valence-corrected chi connectivity index (χ2v) is 6.14. The van der Waals surface area contributed by atoms with Gasteiger partial charge in [0.15, 0.2) is 5.69 Å². The molecule has 0 aliphatic heterocycles. The maximum Gasteiger partial charge on any atom is 0.433 e. The molecule has 3 rings (SSSR count). The highest BCUT2D eigenvalue weighted by molar-refractivity contribution is 6.35. The van der Waals surface area contributed by atoms with Gasteiger partial charge in [0, 0.05) is 18.7 Å². The monoisotopic (exact) mass is 386 g/mol. The Bertz CT molecular complexity index is 823. The number of carbonyl (C=O) groups excluding carboxylic acids is 1. The first-order chi connectivity index (χ1) is 12.3. The van der Waals surface area contributed by atoms with Crippen molar-refractivity contribution < 1.29 is 22.7 Å². The molecule has 0 spiro atoms. The number of ether oxygens (including phenoxy) is 1. The first-order valence-corrected chi connectivity index (χ1v) is 8.09. The lowest BCUT2D eigenvalue weighted by Gasteiger charge is -2.12. The van der Waals surface area contributed by atoms with Gasteiger partial charge in [-0.2, -0.15) is 13.2 Å². The summed E-state index contributed by atoms with van der Waals surface area (Å²) in [5.74, 6) is 0.203. The van der Waals surface area contributed by atoms with E-state index in [0.29, 0.717) is 11.4 Å². The second-order valence-electron chi connectivity index (χ2n) is 5.76. The molecule has 6 nitrogen and oxygen atoms in total. The van der Waals surface area contributed by atoms with Crippen molar-refractivity contribution in [1.82, 2.24) is 15.0 Å². The van der Waals surface area contributed by atoms with Crippen LogP contribution in [0.5, 0.6) is 0 Å². The van der Waals surface area contributed by atoms with Crippen molar-refractivity contribution in [3.05, 3.63) is 46.1 Å². The van der Waals surface area contributed by atoms with Gasteiger partial charge in [-0.3, -0.25) is 4.98 Å². The van der Waals surface area contributed by atoms with E-state index in [9.17, 15) is 18.0 Å². The lowest BCUT2D eigenvalue weighted by Crippen LogP contribution is -2.13. The van der Waals surface area contributed by atoms with Gasteiger partial charge in [0.2, 0.25) is 0 Å². The number of nitrogens with zero attached hydrogens (tertiary/aromatic N) is 3. The Morgan fingerprint density at radius 3 is 2.62 bits per heavy atom. The first-order valence-electron chi connectivity index (χ1n) is 7.71. The van der Waals surface area contributed by atoms with Crippen molar-refractivity contribution in [3.63, 3.8) is 0 Å². The van der Waals surface area contributed by atoms with E-state index in [1.54, 1.807) is 0 Å². The molecule has 0 atom stereocenters. The summed E-state index contributed by atoms with van der Waals surface area (Å²) >= 11 is 6.18.